The summed E-state index contributed by atoms with van der Waals surface area (Å²) in [6, 6.07) is 6.46. The summed E-state index contributed by atoms with van der Waals surface area (Å²) >= 11 is 5.92. The lowest BCUT2D eigenvalue weighted by atomic mass is 10.2. The van der Waals surface area contributed by atoms with Gasteiger partial charge in [-0.2, -0.15) is 0 Å². The van der Waals surface area contributed by atoms with Crippen molar-refractivity contribution in [2.24, 2.45) is 0 Å². The van der Waals surface area contributed by atoms with Gasteiger partial charge in [-0.1, -0.05) is 23.7 Å². The standard InChI is InChI=1S/C12H18ClN2O3P/c1-4-18-19(17,14-9(2)3)15-12(16)10-7-5-6-8-11(10)13/h5-9H,4H2,1-3H3,(H2,14,15,16,17). The molecule has 7 heteroatoms. The number of rotatable bonds is 6. The summed E-state index contributed by atoms with van der Waals surface area (Å²) in [5.41, 5.74) is 0.259. The van der Waals surface area contributed by atoms with Gasteiger partial charge in [-0.05, 0) is 32.9 Å². The maximum Gasteiger partial charge on any atom is 0.368 e. The zero-order chi connectivity index (χ0) is 14.5. The molecule has 19 heavy (non-hydrogen) atoms. The van der Waals surface area contributed by atoms with Crippen LogP contribution in [0.2, 0.25) is 5.02 Å². The van der Waals surface area contributed by atoms with Gasteiger partial charge in [0.2, 0.25) is 0 Å². The molecule has 5 nitrogen and oxygen atoms in total. The molecule has 0 aliphatic carbocycles. The Morgan fingerprint density at radius 1 is 1.42 bits per heavy atom. The first-order chi connectivity index (χ1) is 8.88. The average molecular weight is 305 g/mol. The Morgan fingerprint density at radius 3 is 2.58 bits per heavy atom. The van der Waals surface area contributed by atoms with Gasteiger partial charge in [0.1, 0.15) is 0 Å². The zero-order valence-electron chi connectivity index (χ0n) is 11.1. The first-order valence-corrected chi connectivity index (χ1v) is 7.97. The van der Waals surface area contributed by atoms with Crippen molar-refractivity contribution in [1.29, 1.82) is 0 Å². The van der Waals surface area contributed by atoms with Crippen LogP contribution in [0.15, 0.2) is 24.3 Å². The molecular weight excluding hydrogens is 287 g/mol. The highest BCUT2D eigenvalue weighted by Gasteiger charge is 2.27. The summed E-state index contributed by atoms with van der Waals surface area (Å²) in [4.78, 5) is 12.0. The second kappa shape index (κ2) is 7.06. The van der Waals surface area contributed by atoms with E-state index < -0.39 is 13.6 Å². The van der Waals surface area contributed by atoms with E-state index in [0.29, 0.717) is 5.02 Å². The number of hydrogen-bond acceptors (Lipinski definition) is 3. The minimum absolute atomic E-state index is 0.0936. The van der Waals surface area contributed by atoms with Gasteiger partial charge < -0.3 is 4.52 Å². The van der Waals surface area contributed by atoms with Crippen molar-refractivity contribution in [3.63, 3.8) is 0 Å². The monoisotopic (exact) mass is 304 g/mol. The lowest BCUT2D eigenvalue weighted by molar-refractivity contribution is 0.0973. The summed E-state index contributed by atoms with van der Waals surface area (Å²) in [6.45, 7) is 5.55. The molecule has 0 heterocycles. The summed E-state index contributed by atoms with van der Waals surface area (Å²) in [6.07, 6.45) is 0. The van der Waals surface area contributed by atoms with Crippen LogP contribution in [-0.4, -0.2) is 18.6 Å². The molecule has 0 bridgehead atoms. The van der Waals surface area contributed by atoms with Gasteiger partial charge >= 0.3 is 7.67 Å². The highest BCUT2D eigenvalue weighted by molar-refractivity contribution is 7.55. The molecule has 2 N–H and O–H groups in total. The summed E-state index contributed by atoms with van der Waals surface area (Å²) in [7, 11) is -3.43. The van der Waals surface area contributed by atoms with Crippen LogP contribution >= 0.6 is 19.3 Å². The van der Waals surface area contributed by atoms with E-state index in [1.54, 1.807) is 31.2 Å². The molecule has 1 amide bonds. The highest BCUT2D eigenvalue weighted by atomic mass is 35.5. The quantitative estimate of drug-likeness (QED) is 0.792. The third-order valence-corrected chi connectivity index (χ3v) is 4.41. The van der Waals surface area contributed by atoms with Crippen molar-refractivity contribution in [3.8, 4) is 0 Å². The summed E-state index contributed by atoms with van der Waals surface area (Å²) < 4.78 is 17.6. The fourth-order valence-corrected chi connectivity index (χ4v) is 3.32. The molecule has 1 atom stereocenters. The fraction of sp³-hybridized carbons (Fsp3) is 0.417. The zero-order valence-corrected chi connectivity index (χ0v) is 12.8. The van der Waals surface area contributed by atoms with Crippen molar-refractivity contribution >= 4 is 25.2 Å². The van der Waals surface area contributed by atoms with Gasteiger partial charge in [0.15, 0.2) is 0 Å². The molecule has 0 radical (unpaired) electrons. The number of halogens is 1. The van der Waals surface area contributed by atoms with E-state index in [1.807, 2.05) is 13.8 Å². The summed E-state index contributed by atoms with van der Waals surface area (Å²) in [5.74, 6) is -0.532. The SMILES string of the molecule is CCOP(=O)(NC(=O)c1ccccc1Cl)NC(C)C. The molecule has 0 aliphatic heterocycles. The van der Waals surface area contributed by atoms with E-state index in [2.05, 4.69) is 10.2 Å². The molecule has 1 aromatic rings. The molecule has 0 saturated carbocycles. The Morgan fingerprint density at radius 2 is 2.05 bits per heavy atom. The Balaban J connectivity index is 2.88. The van der Waals surface area contributed by atoms with Crippen LogP contribution < -0.4 is 10.2 Å². The maximum absolute atomic E-state index is 12.4. The topological polar surface area (TPSA) is 67.4 Å². The Kier molecular flexibility index (Phi) is 6.01. The van der Waals surface area contributed by atoms with Gasteiger partial charge in [0, 0.05) is 6.04 Å². The van der Waals surface area contributed by atoms with Crippen LogP contribution in [0.5, 0.6) is 0 Å². The van der Waals surface area contributed by atoms with Gasteiger partial charge in [0.25, 0.3) is 5.91 Å². The van der Waals surface area contributed by atoms with E-state index in [0.717, 1.165) is 0 Å². The van der Waals surface area contributed by atoms with E-state index in [1.165, 1.54) is 0 Å². The van der Waals surface area contributed by atoms with Crippen LogP contribution in [0.3, 0.4) is 0 Å². The molecule has 0 fully saturated rings. The second-order valence-corrected chi connectivity index (χ2v) is 6.42. The molecule has 0 aromatic heterocycles. The van der Waals surface area contributed by atoms with Crippen molar-refractivity contribution < 1.29 is 13.9 Å². The molecule has 0 aliphatic rings. The summed E-state index contributed by atoms with van der Waals surface area (Å²) in [5, 5.41) is 5.42. The molecule has 0 saturated heterocycles. The predicted octanol–water partition coefficient (Wildman–Crippen LogP) is 3.21. The normalized spacial score (nSPS) is 14.2. The van der Waals surface area contributed by atoms with E-state index in [4.69, 9.17) is 16.1 Å². The van der Waals surface area contributed by atoms with Crippen LogP contribution in [-0.2, 0) is 9.09 Å². The average Bonchev–Trinajstić information content (AvgIpc) is 2.27. The van der Waals surface area contributed by atoms with Gasteiger partial charge in [-0.15, -0.1) is 0 Å². The molecule has 1 unspecified atom stereocenters. The lowest BCUT2D eigenvalue weighted by Gasteiger charge is -2.21. The molecule has 106 valence electrons. The van der Waals surface area contributed by atoms with Crippen LogP contribution in [0.1, 0.15) is 31.1 Å². The number of carbonyl (C=O) groups excluding carboxylic acids is 1. The number of amides is 1. The van der Waals surface area contributed by atoms with E-state index in [-0.39, 0.29) is 18.2 Å². The van der Waals surface area contributed by atoms with Gasteiger partial charge in [0.05, 0.1) is 17.2 Å². The van der Waals surface area contributed by atoms with Crippen LogP contribution in [0.4, 0.5) is 0 Å². The maximum atomic E-state index is 12.4. The minimum Gasteiger partial charge on any atom is -0.302 e. The number of benzene rings is 1. The predicted molar refractivity (Wildman–Crippen MR) is 76.4 cm³/mol. The van der Waals surface area contributed by atoms with E-state index in [9.17, 15) is 9.36 Å². The largest absolute Gasteiger partial charge is 0.368 e. The third-order valence-electron chi connectivity index (χ3n) is 2.11. The smallest absolute Gasteiger partial charge is 0.302 e. The Labute approximate surface area is 118 Å². The molecule has 1 rings (SSSR count). The van der Waals surface area contributed by atoms with Crippen molar-refractivity contribution in [2.75, 3.05) is 6.61 Å². The Bertz CT molecular complexity index is 494. The van der Waals surface area contributed by atoms with Crippen molar-refractivity contribution in [1.82, 2.24) is 10.2 Å². The Hall–Kier alpha value is -0.870. The van der Waals surface area contributed by atoms with Crippen molar-refractivity contribution in [3.05, 3.63) is 34.9 Å². The van der Waals surface area contributed by atoms with Crippen molar-refractivity contribution in [2.45, 2.75) is 26.8 Å². The minimum atomic E-state index is -3.43. The number of nitrogens with one attached hydrogen (secondary N) is 2. The molecule has 1 aromatic carbocycles. The van der Waals surface area contributed by atoms with Crippen LogP contribution in [0, 0.1) is 0 Å². The number of carbonyl (C=O) groups is 1. The molecule has 0 spiro atoms. The first kappa shape index (κ1) is 16.2. The highest BCUT2D eigenvalue weighted by Crippen LogP contribution is 2.38. The number of hydrogen-bond donors (Lipinski definition) is 2. The first-order valence-electron chi connectivity index (χ1n) is 5.97. The van der Waals surface area contributed by atoms with Crippen LogP contribution in [0.25, 0.3) is 0 Å². The molecular formula is C12H18ClN2O3P. The lowest BCUT2D eigenvalue weighted by Crippen LogP contribution is -2.32. The second-order valence-electron chi connectivity index (χ2n) is 4.17. The fourth-order valence-electron chi connectivity index (χ4n) is 1.46. The van der Waals surface area contributed by atoms with Gasteiger partial charge in [-0.3, -0.25) is 9.88 Å². The third kappa shape index (κ3) is 4.96. The van der Waals surface area contributed by atoms with E-state index >= 15 is 0 Å². The van der Waals surface area contributed by atoms with Gasteiger partial charge in [-0.25, -0.2) is 9.65 Å².